The van der Waals surface area contributed by atoms with E-state index in [2.05, 4.69) is 0 Å². The topological polar surface area (TPSA) is 29.3 Å². The fourth-order valence-electron chi connectivity index (χ4n) is 2.14. The molecule has 0 aromatic heterocycles. The Morgan fingerprint density at radius 3 is 2.57 bits per heavy atom. The van der Waals surface area contributed by atoms with Gasteiger partial charge in [0.25, 0.3) is 0 Å². The number of benzene rings is 2. The van der Waals surface area contributed by atoms with Gasteiger partial charge in [0.1, 0.15) is 10.8 Å². The fraction of sp³-hybridized carbons (Fsp3) is 0.188. The van der Waals surface area contributed by atoms with Crippen molar-refractivity contribution in [1.29, 1.82) is 0 Å². The average Bonchev–Trinajstić information content (AvgIpc) is 2.45. The fourth-order valence-corrected chi connectivity index (χ4v) is 2.47. The van der Waals surface area contributed by atoms with Crippen LogP contribution in [0.25, 0.3) is 0 Å². The summed E-state index contributed by atoms with van der Waals surface area (Å²) in [6, 6.07) is 12.3. The molecule has 0 aliphatic heterocycles. The summed E-state index contributed by atoms with van der Waals surface area (Å²) < 4.78 is 14.2. The van der Waals surface area contributed by atoms with Gasteiger partial charge < -0.3 is 10.6 Å². The van der Waals surface area contributed by atoms with Crippen molar-refractivity contribution in [3.8, 4) is 0 Å². The van der Waals surface area contributed by atoms with E-state index in [1.54, 1.807) is 12.1 Å². The van der Waals surface area contributed by atoms with Crippen molar-refractivity contribution in [3.05, 3.63) is 64.4 Å². The minimum Gasteiger partial charge on any atom is -0.389 e. The Bertz CT molecular complexity index is 675. The Labute approximate surface area is 134 Å². The first-order valence-corrected chi connectivity index (χ1v) is 7.26. The second kappa shape index (κ2) is 6.41. The Morgan fingerprint density at radius 1 is 1.29 bits per heavy atom. The van der Waals surface area contributed by atoms with Gasteiger partial charge in [0, 0.05) is 17.6 Å². The molecule has 1 unspecified atom stereocenters. The van der Waals surface area contributed by atoms with E-state index in [1.165, 1.54) is 6.07 Å². The molecule has 21 heavy (non-hydrogen) atoms. The molecule has 0 saturated carbocycles. The predicted molar refractivity (Wildman–Crippen MR) is 90.6 cm³/mol. The molecule has 1 atom stereocenters. The molecule has 2 aromatic carbocycles. The number of thiocarbonyl (C=S) groups is 1. The molecule has 0 radical (unpaired) electrons. The summed E-state index contributed by atoms with van der Waals surface area (Å²) in [5.74, 6) is -0.350. The van der Waals surface area contributed by atoms with Gasteiger partial charge in [-0.15, -0.1) is 0 Å². The quantitative estimate of drug-likeness (QED) is 0.850. The molecule has 0 fully saturated rings. The zero-order valence-corrected chi connectivity index (χ0v) is 13.4. The number of halogens is 2. The van der Waals surface area contributed by atoms with Crippen molar-refractivity contribution in [2.45, 2.75) is 13.0 Å². The zero-order chi connectivity index (χ0) is 15.6. The first kappa shape index (κ1) is 15.7. The van der Waals surface area contributed by atoms with Gasteiger partial charge in [0.2, 0.25) is 0 Å². The Morgan fingerprint density at radius 2 is 2.00 bits per heavy atom. The third-order valence-electron chi connectivity index (χ3n) is 3.52. The second-order valence-corrected chi connectivity index (χ2v) is 5.75. The Balaban J connectivity index is 2.31. The van der Waals surface area contributed by atoms with Gasteiger partial charge in [-0.2, -0.15) is 0 Å². The molecule has 2 aromatic rings. The van der Waals surface area contributed by atoms with Crippen LogP contribution in [0.1, 0.15) is 24.1 Å². The maximum Gasteiger partial charge on any atom is 0.147 e. The molecule has 2 rings (SSSR count). The van der Waals surface area contributed by atoms with E-state index in [9.17, 15) is 4.39 Å². The molecule has 5 heteroatoms. The number of anilines is 1. The predicted octanol–water partition coefficient (Wildman–Crippen LogP) is 4.31. The molecule has 2 N–H and O–H groups in total. The molecule has 0 amide bonds. The molecule has 0 heterocycles. The van der Waals surface area contributed by atoms with Crippen LogP contribution in [0.2, 0.25) is 5.02 Å². The molecule has 0 bridgehead atoms. The number of rotatable bonds is 4. The largest absolute Gasteiger partial charge is 0.389 e. The van der Waals surface area contributed by atoms with E-state index in [0.717, 1.165) is 5.56 Å². The Kier molecular flexibility index (Phi) is 4.80. The minimum absolute atomic E-state index is 0.0196. The summed E-state index contributed by atoms with van der Waals surface area (Å²) in [6.45, 7) is 1.99. The lowest BCUT2D eigenvalue weighted by Crippen LogP contribution is -2.23. The van der Waals surface area contributed by atoms with E-state index in [0.29, 0.717) is 16.3 Å². The maximum absolute atomic E-state index is 14.2. The Hall–Kier alpha value is -1.65. The third kappa shape index (κ3) is 3.52. The maximum atomic E-state index is 14.2. The van der Waals surface area contributed by atoms with Crippen LogP contribution in [-0.2, 0) is 0 Å². The van der Waals surface area contributed by atoms with Crippen molar-refractivity contribution >= 4 is 34.5 Å². The summed E-state index contributed by atoms with van der Waals surface area (Å²) in [5, 5.41) is 0.664. The van der Waals surface area contributed by atoms with Crippen LogP contribution in [0.15, 0.2) is 42.5 Å². The molecule has 0 spiro atoms. The summed E-state index contributed by atoms with van der Waals surface area (Å²) in [7, 11) is 1.84. The van der Waals surface area contributed by atoms with Gasteiger partial charge in [0.15, 0.2) is 0 Å². The van der Waals surface area contributed by atoms with Crippen molar-refractivity contribution in [1.82, 2.24) is 0 Å². The lowest BCUT2D eigenvalue weighted by atomic mass is 10.1. The van der Waals surface area contributed by atoms with Crippen LogP contribution in [0.4, 0.5) is 10.1 Å². The highest BCUT2D eigenvalue weighted by Gasteiger charge is 2.16. The zero-order valence-electron chi connectivity index (χ0n) is 11.8. The summed E-state index contributed by atoms with van der Waals surface area (Å²) >= 11 is 10.9. The van der Waals surface area contributed by atoms with E-state index in [1.807, 2.05) is 43.1 Å². The summed E-state index contributed by atoms with van der Waals surface area (Å²) in [5.41, 5.74) is 7.54. The number of hydrogen-bond donors (Lipinski definition) is 1. The number of hydrogen-bond acceptors (Lipinski definition) is 2. The van der Waals surface area contributed by atoms with Crippen LogP contribution in [0.5, 0.6) is 0 Å². The van der Waals surface area contributed by atoms with Crippen molar-refractivity contribution < 1.29 is 4.39 Å². The van der Waals surface area contributed by atoms with E-state index in [-0.39, 0.29) is 16.8 Å². The molecule has 0 saturated heterocycles. The van der Waals surface area contributed by atoms with Gasteiger partial charge in [-0.25, -0.2) is 4.39 Å². The normalized spacial score (nSPS) is 12.0. The number of nitrogens with zero attached hydrogens (tertiary/aromatic N) is 1. The molecule has 0 aliphatic carbocycles. The van der Waals surface area contributed by atoms with E-state index < -0.39 is 0 Å². The first-order valence-electron chi connectivity index (χ1n) is 6.48. The summed E-state index contributed by atoms with van der Waals surface area (Å²) in [6.07, 6.45) is 0. The van der Waals surface area contributed by atoms with Crippen LogP contribution < -0.4 is 10.6 Å². The van der Waals surface area contributed by atoms with Crippen molar-refractivity contribution in [2.24, 2.45) is 5.73 Å². The van der Waals surface area contributed by atoms with Crippen LogP contribution in [0.3, 0.4) is 0 Å². The molecule has 110 valence electrons. The average molecular weight is 323 g/mol. The highest BCUT2D eigenvalue weighted by atomic mass is 35.5. The first-order chi connectivity index (χ1) is 9.90. The van der Waals surface area contributed by atoms with Gasteiger partial charge >= 0.3 is 0 Å². The lowest BCUT2D eigenvalue weighted by Gasteiger charge is -2.28. The third-order valence-corrected chi connectivity index (χ3v) is 4.00. The van der Waals surface area contributed by atoms with Gasteiger partial charge in [-0.1, -0.05) is 36.0 Å². The van der Waals surface area contributed by atoms with Gasteiger partial charge in [-0.05, 0) is 42.8 Å². The highest BCUT2D eigenvalue weighted by Crippen LogP contribution is 2.29. The highest BCUT2D eigenvalue weighted by molar-refractivity contribution is 7.80. The summed E-state index contributed by atoms with van der Waals surface area (Å²) in [4.78, 5) is 2.04. The molecular formula is C16H16ClFN2S. The van der Waals surface area contributed by atoms with Crippen molar-refractivity contribution in [3.63, 3.8) is 0 Å². The standard InChI is InChI=1S/C16H16ClFN2S/c1-10(11-4-3-5-13(17)8-11)20(2)15-7-6-12(16(19)21)9-14(15)18/h3-10H,1-2H3,(H2,19,21). The number of nitrogens with two attached hydrogens (primary N) is 1. The molecule has 2 nitrogen and oxygen atoms in total. The smallest absolute Gasteiger partial charge is 0.147 e. The lowest BCUT2D eigenvalue weighted by molar-refractivity contribution is 0.611. The van der Waals surface area contributed by atoms with Crippen LogP contribution in [0, 0.1) is 5.82 Å². The van der Waals surface area contributed by atoms with Crippen molar-refractivity contribution in [2.75, 3.05) is 11.9 Å². The van der Waals surface area contributed by atoms with Gasteiger partial charge in [0.05, 0.1) is 11.7 Å². The molecular weight excluding hydrogens is 307 g/mol. The molecule has 0 aliphatic rings. The van der Waals surface area contributed by atoms with Crippen LogP contribution >= 0.6 is 23.8 Å². The monoisotopic (exact) mass is 322 g/mol. The second-order valence-electron chi connectivity index (χ2n) is 4.87. The SMILES string of the molecule is CC(c1cccc(Cl)c1)N(C)c1ccc(C(N)=S)cc1F. The van der Waals surface area contributed by atoms with Crippen LogP contribution in [-0.4, -0.2) is 12.0 Å². The van der Waals surface area contributed by atoms with E-state index in [4.69, 9.17) is 29.6 Å². The van der Waals surface area contributed by atoms with Gasteiger partial charge in [-0.3, -0.25) is 0 Å². The minimum atomic E-state index is -0.350. The van der Waals surface area contributed by atoms with E-state index >= 15 is 0 Å².